The molecule has 0 atom stereocenters. The fourth-order valence-electron chi connectivity index (χ4n) is 2.85. The van der Waals surface area contributed by atoms with Crippen LogP contribution in [0.3, 0.4) is 0 Å². The number of halogens is 1. The van der Waals surface area contributed by atoms with Gasteiger partial charge in [-0.25, -0.2) is 9.78 Å². The van der Waals surface area contributed by atoms with Crippen molar-refractivity contribution in [2.24, 2.45) is 14.1 Å². The number of nitrogens with one attached hydrogen (secondary N) is 1. The molecule has 0 aliphatic rings. The third-order valence-electron chi connectivity index (χ3n) is 4.25. The van der Waals surface area contributed by atoms with Gasteiger partial charge in [-0.3, -0.25) is 18.7 Å². The van der Waals surface area contributed by atoms with Gasteiger partial charge in [-0.15, -0.1) is 0 Å². The maximum absolute atomic E-state index is 12.5. The first-order valence-electron chi connectivity index (χ1n) is 7.91. The highest BCUT2D eigenvalue weighted by Crippen LogP contribution is 2.23. The zero-order valence-electron chi connectivity index (χ0n) is 14.3. The van der Waals surface area contributed by atoms with Crippen LogP contribution in [0.25, 0.3) is 22.0 Å². The van der Waals surface area contributed by atoms with Gasteiger partial charge in [-0.1, -0.05) is 11.6 Å². The molecular formula is C18H13ClN4O4. The van der Waals surface area contributed by atoms with Crippen molar-refractivity contribution in [1.82, 2.24) is 14.1 Å². The van der Waals surface area contributed by atoms with Crippen LogP contribution in [0.1, 0.15) is 10.6 Å². The third kappa shape index (κ3) is 2.80. The Hall–Kier alpha value is -3.39. The lowest BCUT2D eigenvalue weighted by Gasteiger charge is -2.08. The second kappa shape index (κ2) is 6.10. The average Bonchev–Trinajstić information content (AvgIpc) is 3.08. The number of hydrogen-bond acceptors (Lipinski definition) is 5. The molecule has 0 spiro atoms. The van der Waals surface area contributed by atoms with Gasteiger partial charge in [-0.05, 0) is 30.3 Å². The van der Waals surface area contributed by atoms with Gasteiger partial charge in [0.05, 0.1) is 17.3 Å². The molecule has 4 rings (SSSR count). The van der Waals surface area contributed by atoms with E-state index < -0.39 is 17.2 Å². The lowest BCUT2D eigenvalue weighted by molar-refractivity contribution is 0.0998. The number of nitrogens with zero attached hydrogens (tertiary/aromatic N) is 3. The molecule has 0 unspecified atom stereocenters. The van der Waals surface area contributed by atoms with E-state index in [1.54, 1.807) is 24.3 Å². The Bertz CT molecular complexity index is 1350. The van der Waals surface area contributed by atoms with Crippen LogP contribution in [0.15, 0.2) is 50.5 Å². The lowest BCUT2D eigenvalue weighted by Crippen LogP contribution is -2.37. The lowest BCUT2D eigenvalue weighted by atomic mass is 10.2. The molecule has 0 saturated carbocycles. The van der Waals surface area contributed by atoms with Crippen molar-refractivity contribution in [3.8, 4) is 0 Å². The van der Waals surface area contributed by atoms with Crippen molar-refractivity contribution in [1.29, 1.82) is 0 Å². The highest BCUT2D eigenvalue weighted by Gasteiger charge is 2.15. The molecule has 1 N–H and O–H groups in total. The van der Waals surface area contributed by atoms with Crippen LogP contribution < -0.4 is 16.6 Å². The van der Waals surface area contributed by atoms with Crippen molar-refractivity contribution in [2.45, 2.75) is 0 Å². The molecule has 0 radical (unpaired) electrons. The molecule has 0 aliphatic heterocycles. The summed E-state index contributed by atoms with van der Waals surface area (Å²) in [5.74, 6) is -0.397. The maximum atomic E-state index is 12.5. The minimum Gasteiger partial charge on any atom is -0.451 e. The van der Waals surface area contributed by atoms with Gasteiger partial charge in [0, 0.05) is 24.5 Å². The molecule has 0 aliphatic carbocycles. The second-order valence-corrected chi connectivity index (χ2v) is 6.48. The average molecular weight is 385 g/mol. The Morgan fingerprint density at radius 2 is 1.93 bits per heavy atom. The Balaban J connectivity index is 1.73. The van der Waals surface area contributed by atoms with Crippen LogP contribution >= 0.6 is 11.6 Å². The highest BCUT2D eigenvalue weighted by molar-refractivity contribution is 6.31. The smallest absolute Gasteiger partial charge is 0.332 e. The van der Waals surface area contributed by atoms with E-state index >= 15 is 0 Å². The normalized spacial score (nSPS) is 11.2. The molecule has 1 amide bonds. The molecule has 27 heavy (non-hydrogen) atoms. The first-order chi connectivity index (χ1) is 12.8. The minimum absolute atomic E-state index is 0.0979. The standard InChI is InChI=1S/C18H13ClN4O4/c1-22-15-12(17(25)23(2)18(22)26)7-11(8-20-15)21-16(24)14-6-9-5-10(19)3-4-13(9)27-14/h3-8H,1-2H3,(H,21,24). The quantitative estimate of drug-likeness (QED) is 0.571. The summed E-state index contributed by atoms with van der Waals surface area (Å²) in [6, 6.07) is 8.09. The largest absolute Gasteiger partial charge is 0.451 e. The van der Waals surface area contributed by atoms with Crippen molar-refractivity contribution < 1.29 is 9.21 Å². The van der Waals surface area contributed by atoms with E-state index in [-0.39, 0.29) is 16.8 Å². The summed E-state index contributed by atoms with van der Waals surface area (Å²) in [6.45, 7) is 0. The van der Waals surface area contributed by atoms with Crippen LogP contribution in [-0.4, -0.2) is 20.0 Å². The Morgan fingerprint density at radius 3 is 2.70 bits per heavy atom. The SMILES string of the molecule is Cn1c(=O)c2cc(NC(=O)c3cc4cc(Cl)ccc4o3)cnc2n(C)c1=O. The van der Waals surface area contributed by atoms with Gasteiger partial charge in [0.15, 0.2) is 5.76 Å². The number of furan rings is 1. The zero-order valence-corrected chi connectivity index (χ0v) is 15.1. The number of benzene rings is 1. The summed E-state index contributed by atoms with van der Waals surface area (Å²) < 4.78 is 7.77. The highest BCUT2D eigenvalue weighted by atomic mass is 35.5. The van der Waals surface area contributed by atoms with Gasteiger partial charge in [-0.2, -0.15) is 0 Å². The number of fused-ring (bicyclic) bond motifs is 2. The minimum atomic E-state index is -0.495. The Kier molecular flexibility index (Phi) is 3.85. The van der Waals surface area contributed by atoms with E-state index in [0.29, 0.717) is 21.7 Å². The molecule has 0 fully saturated rings. The van der Waals surface area contributed by atoms with Gasteiger partial charge < -0.3 is 9.73 Å². The molecule has 1 aromatic carbocycles. The molecule has 0 saturated heterocycles. The molecule has 4 aromatic rings. The van der Waals surface area contributed by atoms with Gasteiger partial charge >= 0.3 is 5.69 Å². The van der Waals surface area contributed by atoms with Crippen molar-refractivity contribution >= 4 is 45.2 Å². The van der Waals surface area contributed by atoms with Crippen molar-refractivity contribution in [2.75, 3.05) is 5.32 Å². The van der Waals surface area contributed by atoms with Gasteiger partial charge in [0.1, 0.15) is 11.2 Å². The van der Waals surface area contributed by atoms with Crippen LogP contribution in [0.5, 0.6) is 0 Å². The number of aromatic nitrogens is 3. The van der Waals surface area contributed by atoms with Crippen LogP contribution in [0.2, 0.25) is 5.02 Å². The first kappa shape index (κ1) is 17.0. The molecule has 9 heteroatoms. The number of carbonyl (C=O) groups is 1. The van der Waals surface area contributed by atoms with E-state index in [2.05, 4.69) is 10.3 Å². The molecule has 3 heterocycles. The third-order valence-corrected chi connectivity index (χ3v) is 4.49. The first-order valence-corrected chi connectivity index (χ1v) is 8.29. The number of amides is 1. The predicted octanol–water partition coefficient (Wildman–Crippen LogP) is 2.28. The van der Waals surface area contributed by atoms with Crippen molar-refractivity contribution in [3.63, 3.8) is 0 Å². The molecule has 3 aromatic heterocycles. The van der Waals surface area contributed by atoms with E-state index in [1.807, 2.05) is 0 Å². The maximum Gasteiger partial charge on any atom is 0.332 e. The second-order valence-electron chi connectivity index (χ2n) is 6.05. The van der Waals surface area contributed by atoms with Crippen LogP contribution in [0, 0.1) is 0 Å². The molecule has 136 valence electrons. The number of hydrogen-bond donors (Lipinski definition) is 1. The van der Waals surface area contributed by atoms with Crippen LogP contribution in [-0.2, 0) is 14.1 Å². The summed E-state index contributed by atoms with van der Waals surface area (Å²) in [5.41, 5.74) is 0.110. The number of anilines is 1. The molecular weight excluding hydrogens is 372 g/mol. The molecule has 0 bridgehead atoms. The number of rotatable bonds is 2. The number of pyridine rings is 1. The van der Waals surface area contributed by atoms with E-state index in [0.717, 1.165) is 4.57 Å². The molecule has 8 nitrogen and oxygen atoms in total. The van der Waals surface area contributed by atoms with E-state index in [9.17, 15) is 14.4 Å². The summed E-state index contributed by atoms with van der Waals surface area (Å²) in [4.78, 5) is 40.9. The predicted molar refractivity (Wildman–Crippen MR) is 101 cm³/mol. The summed E-state index contributed by atoms with van der Waals surface area (Å²) in [7, 11) is 2.91. The number of carbonyl (C=O) groups excluding carboxylic acids is 1. The number of aryl methyl sites for hydroxylation is 1. The topological polar surface area (TPSA) is 99.1 Å². The fraction of sp³-hybridized carbons (Fsp3) is 0.111. The van der Waals surface area contributed by atoms with Crippen molar-refractivity contribution in [3.05, 3.63) is 68.1 Å². The van der Waals surface area contributed by atoms with E-state index in [1.165, 1.54) is 30.9 Å². The summed E-state index contributed by atoms with van der Waals surface area (Å²) in [5, 5.41) is 4.10. The fourth-order valence-corrected chi connectivity index (χ4v) is 3.03. The Morgan fingerprint density at radius 1 is 1.15 bits per heavy atom. The van der Waals surface area contributed by atoms with Gasteiger partial charge in [0.25, 0.3) is 11.5 Å². The summed E-state index contributed by atoms with van der Waals surface area (Å²) >= 11 is 5.94. The summed E-state index contributed by atoms with van der Waals surface area (Å²) in [6.07, 6.45) is 1.37. The Labute approximate surface area is 156 Å². The van der Waals surface area contributed by atoms with Crippen LogP contribution in [0.4, 0.5) is 5.69 Å². The van der Waals surface area contributed by atoms with Gasteiger partial charge in [0.2, 0.25) is 0 Å². The zero-order chi connectivity index (χ0) is 19.3. The van der Waals surface area contributed by atoms with E-state index in [4.69, 9.17) is 16.0 Å². The monoisotopic (exact) mass is 384 g/mol.